The second-order valence-corrected chi connectivity index (χ2v) is 5.05. The second-order valence-electron chi connectivity index (χ2n) is 5.05. The third kappa shape index (κ3) is 2.76. The number of carbonyl (C=O) groups excluding carboxylic acids is 1. The summed E-state index contributed by atoms with van der Waals surface area (Å²) in [5.74, 6) is 0.727. The van der Waals surface area contributed by atoms with Crippen LogP contribution < -0.4 is 5.32 Å². The topological polar surface area (TPSA) is 73.0 Å². The Morgan fingerprint density at radius 3 is 2.68 bits per heavy atom. The van der Waals surface area contributed by atoms with Gasteiger partial charge in [0.25, 0.3) is 5.91 Å². The fourth-order valence-corrected chi connectivity index (χ4v) is 2.32. The van der Waals surface area contributed by atoms with Crippen molar-refractivity contribution in [1.29, 1.82) is 0 Å². The molecule has 6 heteroatoms. The van der Waals surface area contributed by atoms with Crippen molar-refractivity contribution < 1.29 is 9.32 Å². The molecule has 0 unspecified atom stereocenters. The maximum atomic E-state index is 11.9. The molecule has 0 aliphatic rings. The number of hydrogen-bond acceptors (Lipinski definition) is 4. The molecule has 2 aromatic heterocycles. The molecule has 112 valence electrons. The lowest BCUT2D eigenvalue weighted by molar-refractivity contribution is 0.102. The lowest BCUT2D eigenvalue weighted by atomic mass is 10.1. The van der Waals surface area contributed by atoms with Crippen LogP contribution in [0.5, 0.6) is 0 Å². The van der Waals surface area contributed by atoms with Gasteiger partial charge in [-0.05, 0) is 31.5 Å². The fourth-order valence-electron chi connectivity index (χ4n) is 2.32. The van der Waals surface area contributed by atoms with Crippen LogP contribution in [0.2, 0.25) is 0 Å². The summed E-state index contributed by atoms with van der Waals surface area (Å²) in [5.41, 5.74) is 2.26. The van der Waals surface area contributed by atoms with Crippen molar-refractivity contribution in [2.45, 2.75) is 19.9 Å². The molecule has 0 radical (unpaired) electrons. The zero-order valence-corrected chi connectivity index (χ0v) is 12.4. The minimum Gasteiger partial charge on any atom is -0.364 e. The van der Waals surface area contributed by atoms with E-state index in [4.69, 9.17) is 0 Å². The number of anilines is 1. The maximum absolute atomic E-state index is 11.9. The van der Waals surface area contributed by atoms with E-state index < -0.39 is 0 Å². The number of amides is 1. The monoisotopic (exact) mass is 296 g/mol. The van der Waals surface area contributed by atoms with Gasteiger partial charge in [0.1, 0.15) is 12.1 Å². The van der Waals surface area contributed by atoms with Gasteiger partial charge in [0.2, 0.25) is 0 Å². The summed E-state index contributed by atoms with van der Waals surface area (Å²) in [6.07, 6.45) is 6.45. The largest absolute Gasteiger partial charge is 0.364 e. The van der Waals surface area contributed by atoms with Gasteiger partial charge in [-0.1, -0.05) is 17.3 Å². The van der Waals surface area contributed by atoms with Gasteiger partial charge in [0, 0.05) is 18.1 Å². The van der Waals surface area contributed by atoms with E-state index in [9.17, 15) is 4.79 Å². The van der Waals surface area contributed by atoms with Gasteiger partial charge in [-0.15, -0.1) is 0 Å². The van der Waals surface area contributed by atoms with Crippen LogP contribution in [-0.4, -0.2) is 20.6 Å². The molecule has 0 aliphatic heterocycles. The summed E-state index contributed by atoms with van der Waals surface area (Å²) in [7, 11) is 0. The second kappa shape index (κ2) is 5.85. The Labute approximate surface area is 127 Å². The van der Waals surface area contributed by atoms with Crippen LogP contribution in [-0.2, 0) is 0 Å². The number of rotatable bonds is 4. The highest BCUT2D eigenvalue weighted by molar-refractivity contribution is 6.03. The normalized spacial score (nSPS) is 12.1. The van der Waals surface area contributed by atoms with Crippen LogP contribution in [0.4, 0.5) is 5.69 Å². The van der Waals surface area contributed by atoms with Crippen LogP contribution in [0.25, 0.3) is 0 Å². The van der Waals surface area contributed by atoms with E-state index in [0.29, 0.717) is 5.56 Å². The Kier molecular flexibility index (Phi) is 3.74. The molecule has 1 amide bonds. The third-order valence-corrected chi connectivity index (χ3v) is 3.63. The minimum absolute atomic E-state index is 0.185. The summed E-state index contributed by atoms with van der Waals surface area (Å²) in [6.45, 7) is 4.09. The zero-order valence-electron chi connectivity index (χ0n) is 12.4. The summed E-state index contributed by atoms with van der Waals surface area (Å²) < 4.78 is 6.76. The molecular weight excluding hydrogens is 280 g/mol. The molecule has 1 atom stereocenters. The number of benzene rings is 1. The number of hydrogen-bond donors (Lipinski definition) is 1. The average molecular weight is 296 g/mol. The highest BCUT2D eigenvalue weighted by atomic mass is 16.5. The first-order chi connectivity index (χ1) is 10.6. The van der Waals surface area contributed by atoms with Crippen LogP contribution >= 0.6 is 0 Å². The predicted octanol–water partition coefficient (Wildman–Crippen LogP) is 3.04. The molecule has 0 fully saturated rings. The van der Waals surface area contributed by atoms with Gasteiger partial charge in [-0.3, -0.25) is 4.79 Å². The minimum atomic E-state index is -0.243. The van der Waals surface area contributed by atoms with Crippen molar-refractivity contribution in [2.75, 3.05) is 5.32 Å². The van der Waals surface area contributed by atoms with E-state index >= 15 is 0 Å². The first kappa shape index (κ1) is 14.1. The first-order valence-corrected chi connectivity index (χ1v) is 6.95. The first-order valence-electron chi connectivity index (χ1n) is 6.95. The SMILES string of the molecule is Cc1nccn1[C@@H](C)c1ccc(NC(=O)c2cnoc2)cc1. The smallest absolute Gasteiger partial charge is 0.260 e. The van der Waals surface area contributed by atoms with E-state index in [2.05, 4.69) is 31.5 Å². The lowest BCUT2D eigenvalue weighted by Crippen LogP contribution is -2.11. The summed E-state index contributed by atoms with van der Waals surface area (Å²) in [5, 5.41) is 6.31. The molecule has 22 heavy (non-hydrogen) atoms. The number of aromatic nitrogens is 3. The van der Waals surface area contributed by atoms with Gasteiger partial charge in [-0.25, -0.2) is 4.98 Å². The standard InChI is InChI=1S/C16H16N4O2/c1-11(20-8-7-17-12(20)2)13-3-5-15(6-4-13)19-16(21)14-9-18-22-10-14/h3-11H,1-2H3,(H,19,21)/t11-/m0/s1. The van der Waals surface area contributed by atoms with Crippen molar-refractivity contribution in [2.24, 2.45) is 0 Å². The molecule has 0 saturated carbocycles. The average Bonchev–Trinajstić information content (AvgIpc) is 3.18. The molecule has 0 saturated heterocycles. The van der Waals surface area contributed by atoms with Crippen molar-refractivity contribution in [3.05, 3.63) is 66.1 Å². The molecular formula is C16H16N4O2. The van der Waals surface area contributed by atoms with E-state index in [-0.39, 0.29) is 11.9 Å². The van der Waals surface area contributed by atoms with Crippen LogP contribution in [0.3, 0.4) is 0 Å². The quantitative estimate of drug-likeness (QED) is 0.803. The van der Waals surface area contributed by atoms with E-state index in [1.807, 2.05) is 37.4 Å². The number of imidazole rings is 1. The van der Waals surface area contributed by atoms with E-state index in [1.54, 1.807) is 6.20 Å². The third-order valence-electron chi connectivity index (χ3n) is 3.63. The van der Waals surface area contributed by atoms with E-state index in [1.165, 1.54) is 12.5 Å². The molecule has 3 rings (SSSR count). The molecule has 6 nitrogen and oxygen atoms in total. The number of aryl methyl sites for hydroxylation is 1. The Balaban J connectivity index is 1.73. The van der Waals surface area contributed by atoms with E-state index in [0.717, 1.165) is 17.1 Å². The van der Waals surface area contributed by atoms with Crippen molar-refractivity contribution >= 4 is 11.6 Å². The number of nitrogens with zero attached hydrogens (tertiary/aromatic N) is 3. The number of carbonyl (C=O) groups is 1. The molecule has 3 aromatic rings. The Morgan fingerprint density at radius 1 is 1.32 bits per heavy atom. The maximum Gasteiger partial charge on any atom is 0.260 e. The Morgan fingerprint density at radius 2 is 2.09 bits per heavy atom. The van der Waals surface area contributed by atoms with Crippen molar-refractivity contribution in [3.8, 4) is 0 Å². The lowest BCUT2D eigenvalue weighted by Gasteiger charge is -2.16. The van der Waals surface area contributed by atoms with Gasteiger partial charge in [-0.2, -0.15) is 0 Å². The molecule has 0 spiro atoms. The zero-order chi connectivity index (χ0) is 15.5. The summed E-state index contributed by atoms with van der Waals surface area (Å²) in [6, 6.07) is 7.93. The molecule has 0 aliphatic carbocycles. The van der Waals surface area contributed by atoms with Gasteiger partial charge in [0.05, 0.1) is 17.8 Å². The van der Waals surface area contributed by atoms with Gasteiger partial charge in [0.15, 0.2) is 0 Å². The molecule has 2 heterocycles. The summed E-state index contributed by atoms with van der Waals surface area (Å²) >= 11 is 0. The molecule has 1 N–H and O–H groups in total. The van der Waals surface area contributed by atoms with Crippen LogP contribution in [0.1, 0.15) is 34.7 Å². The molecule has 1 aromatic carbocycles. The fraction of sp³-hybridized carbons (Fsp3) is 0.188. The van der Waals surface area contributed by atoms with Gasteiger partial charge < -0.3 is 14.4 Å². The predicted molar refractivity (Wildman–Crippen MR) is 81.7 cm³/mol. The van der Waals surface area contributed by atoms with Crippen molar-refractivity contribution in [1.82, 2.24) is 14.7 Å². The van der Waals surface area contributed by atoms with Crippen LogP contribution in [0, 0.1) is 6.92 Å². The highest BCUT2D eigenvalue weighted by Crippen LogP contribution is 2.21. The number of nitrogens with one attached hydrogen (secondary N) is 1. The molecule has 0 bridgehead atoms. The highest BCUT2D eigenvalue weighted by Gasteiger charge is 2.11. The van der Waals surface area contributed by atoms with Crippen molar-refractivity contribution in [3.63, 3.8) is 0 Å². The van der Waals surface area contributed by atoms with Gasteiger partial charge >= 0.3 is 0 Å². The Hall–Kier alpha value is -2.89. The summed E-state index contributed by atoms with van der Waals surface area (Å²) in [4.78, 5) is 16.1. The van der Waals surface area contributed by atoms with Crippen LogP contribution in [0.15, 0.2) is 53.6 Å². The Bertz CT molecular complexity index is 760.